The van der Waals surface area contributed by atoms with E-state index < -0.39 is 11.9 Å². The summed E-state index contributed by atoms with van der Waals surface area (Å²) in [6, 6.07) is 0. The van der Waals surface area contributed by atoms with Gasteiger partial charge in [-0.05, 0) is 6.26 Å². The van der Waals surface area contributed by atoms with Crippen molar-refractivity contribution in [3.05, 3.63) is 5.89 Å². The van der Waals surface area contributed by atoms with Crippen LogP contribution in [0.2, 0.25) is 0 Å². The average molecular weight is 178 g/mol. The SMILES string of the molecule is CSc1nnc(C(=O)OF)o1. The molecule has 0 aliphatic rings. The van der Waals surface area contributed by atoms with Gasteiger partial charge < -0.3 is 4.42 Å². The molecule has 0 spiro atoms. The predicted octanol–water partition coefficient (Wildman–Crippen LogP) is 0.833. The summed E-state index contributed by atoms with van der Waals surface area (Å²) in [6.07, 6.45) is 1.68. The van der Waals surface area contributed by atoms with E-state index in [4.69, 9.17) is 0 Å². The molecule has 0 fully saturated rings. The summed E-state index contributed by atoms with van der Waals surface area (Å²) in [7, 11) is 0. The van der Waals surface area contributed by atoms with Crippen LogP contribution in [0.4, 0.5) is 4.53 Å². The Kier molecular flexibility index (Phi) is 2.42. The molecule has 0 aliphatic carbocycles. The van der Waals surface area contributed by atoms with E-state index in [1.807, 2.05) is 0 Å². The van der Waals surface area contributed by atoms with Gasteiger partial charge in [0.2, 0.25) is 0 Å². The largest absolute Gasteiger partial charge is 0.435 e. The number of carbonyl (C=O) groups excluding carboxylic acids is 1. The lowest BCUT2D eigenvalue weighted by atomic mass is 10.7. The highest BCUT2D eigenvalue weighted by Gasteiger charge is 2.16. The van der Waals surface area contributed by atoms with Crippen LogP contribution in [-0.2, 0) is 4.94 Å². The van der Waals surface area contributed by atoms with Crippen molar-refractivity contribution in [2.24, 2.45) is 0 Å². The molecule has 0 aliphatic heterocycles. The minimum atomic E-state index is -1.28. The van der Waals surface area contributed by atoms with Gasteiger partial charge in [-0.25, -0.2) is 9.74 Å². The number of carbonyl (C=O) groups is 1. The standard InChI is InChI=1S/C4H3FN2O3S/c1-11-4-7-6-2(9-4)3(8)10-5/h1H3. The first-order valence-electron chi connectivity index (χ1n) is 2.48. The maximum absolute atomic E-state index is 11.2. The normalized spacial score (nSPS) is 9.64. The molecule has 0 atom stereocenters. The summed E-state index contributed by atoms with van der Waals surface area (Å²) < 4.78 is 15.8. The number of hydrogen-bond acceptors (Lipinski definition) is 6. The predicted molar refractivity (Wildman–Crippen MR) is 32.6 cm³/mol. The first-order chi connectivity index (χ1) is 5.27. The van der Waals surface area contributed by atoms with Crippen LogP contribution >= 0.6 is 11.8 Å². The fraction of sp³-hybridized carbons (Fsp3) is 0.250. The second kappa shape index (κ2) is 3.33. The van der Waals surface area contributed by atoms with Crippen molar-refractivity contribution in [1.29, 1.82) is 0 Å². The Balaban J connectivity index is 2.80. The van der Waals surface area contributed by atoms with Crippen molar-refractivity contribution in [3.63, 3.8) is 0 Å². The van der Waals surface area contributed by atoms with Crippen LogP contribution in [0.3, 0.4) is 0 Å². The minimum Gasteiger partial charge on any atom is -0.406 e. The molecule has 0 saturated carbocycles. The lowest BCUT2D eigenvalue weighted by Crippen LogP contribution is -1.98. The van der Waals surface area contributed by atoms with Crippen LogP contribution in [-0.4, -0.2) is 22.4 Å². The van der Waals surface area contributed by atoms with E-state index in [0.29, 0.717) is 0 Å². The molecule has 0 N–H and O–H groups in total. The summed E-state index contributed by atoms with van der Waals surface area (Å²) in [4.78, 5) is 13.2. The van der Waals surface area contributed by atoms with E-state index in [-0.39, 0.29) is 5.22 Å². The van der Waals surface area contributed by atoms with E-state index in [1.165, 1.54) is 0 Å². The molecule has 11 heavy (non-hydrogen) atoms. The Bertz CT molecular complexity index is 264. The van der Waals surface area contributed by atoms with Gasteiger partial charge in [0.05, 0.1) is 0 Å². The Morgan fingerprint density at radius 2 is 2.45 bits per heavy atom. The zero-order valence-corrected chi connectivity index (χ0v) is 6.22. The molecule has 1 aromatic heterocycles. The highest BCUT2D eigenvalue weighted by Crippen LogP contribution is 2.12. The summed E-state index contributed by atoms with van der Waals surface area (Å²) in [6.45, 7) is 0. The molecule has 0 unspecified atom stereocenters. The van der Waals surface area contributed by atoms with Crippen molar-refractivity contribution in [3.8, 4) is 0 Å². The van der Waals surface area contributed by atoms with E-state index in [1.54, 1.807) is 6.26 Å². The third kappa shape index (κ3) is 1.67. The Hall–Kier alpha value is -1.11. The third-order valence-corrected chi connectivity index (χ3v) is 1.34. The molecule has 7 heteroatoms. The Labute approximate surface area is 64.8 Å². The quantitative estimate of drug-likeness (QED) is 0.625. The van der Waals surface area contributed by atoms with Crippen LogP contribution in [0.1, 0.15) is 10.7 Å². The third-order valence-electron chi connectivity index (χ3n) is 0.826. The first-order valence-corrected chi connectivity index (χ1v) is 3.71. The molecule has 0 amide bonds. The van der Waals surface area contributed by atoms with E-state index in [9.17, 15) is 9.32 Å². The number of aromatic nitrogens is 2. The highest BCUT2D eigenvalue weighted by molar-refractivity contribution is 7.98. The Morgan fingerprint density at radius 1 is 1.73 bits per heavy atom. The number of hydrogen-bond donors (Lipinski definition) is 0. The molecule has 0 saturated heterocycles. The van der Waals surface area contributed by atoms with Gasteiger partial charge in [0.1, 0.15) is 0 Å². The second-order valence-electron chi connectivity index (χ2n) is 1.44. The number of nitrogens with zero attached hydrogens (tertiary/aromatic N) is 2. The molecular weight excluding hydrogens is 175 g/mol. The number of thioether (sulfide) groups is 1. The monoisotopic (exact) mass is 178 g/mol. The minimum absolute atomic E-state index is 0.186. The topological polar surface area (TPSA) is 65.2 Å². The molecule has 0 radical (unpaired) electrons. The number of rotatable bonds is 2. The number of halogens is 1. The molecule has 5 nitrogen and oxygen atoms in total. The van der Waals surface area contributed by atoms with Crippen molar-refractivity contribution in [1.82, 2.24) is 10.2 Å². The Morgan fingerprint density at radius 3 is 2.91 bits per heavy atom. The fourth-order valence-corrected chi connectivity index (χ4v) is 0.692. The summed E-state index contributed by atoms with van der Waals surface area (Å²) in [5, 5.41) is 6.77. The van der Waals surface area contributed by atoms with Crippen molar-refractivity contribution >= 4 is 17.7 Å². The molecule has 1 aromatic rings. The zero-order chi connectivity index (χ0) is 8.27. The van der Waals surface area contributed by atoms with Gasteiger partial charge in [-0.3, -0.25) is 0 Å². The van der Waals surface area contributed by atoms with Crippen LogP contribution in [0, 0.1) is 0 Å². The second-order valence-corrected chi connectivity index (χ2v) is 2.20. The summed E-state index contributed by atoms with van der Waals surface area (Å²) in [5.41, 5.74) is 0. The van der Waals surface area contributed by atoms with Crippen molar-refractivity contribution < 1.29 is 18.7 Å². The van der Waals surface area contributed by atoms with Crippen molar-refractivity contribution in [2.75, 3.05) is 6.26 Å². The van der Waals surface area contributed by atoms with Gasteiger partial charge in [-0.15, -0.1) is 5.10 Å². The van der Waals surface area contributed by atoms with Crippen LogP contribution in [0.5, 0.6) is 0 Å². The van der Waals surface area contributed by atoms with Crippen LogP contribution in [0.15, 0.2) is 9.64 Å². The molecule has 60 valence electrons. The smallest absolute Gasteiger partial charge is 0.406 e. The lowest BCUT2D eigenvalue weighted by molar-refractivity contribution is -0.0821. The van der Waals surface area contributed by atoms with Gasteiger partial charge in [0.25, 0.3) is 5.22 Å². The van der Waals surface area contributed by atoms with Crippen LogP contribution in [0.25, 0.3) is 0 Å². The lowest BCUT2D eigenvalue weighted by Gasteiger charge is -1.83. The van der Waals surface area contributed by atoms with Gasteiger partial charge in [0, 0.05) is 4.53 Å². The molecule has 1 heterocycles. The van der Waals surface area contributed by atoms with Crippen LogP contribution < -0.4 is 0 Å². The highest BCUT2D eigenvalue weighted by atomic mass is 32.2. The van der Waals surface area contributed by atoms with E-state index >= 15 is 0 Å². The van der Waals surface area contributed by atoms with Gasteiger partial charge in [-0.1, -0.05) is 16.9 Å². The molecular formula is C4H3FN2O3S. The van der Waals surface area contributed by atoms with Crippen molar-refractivity contribution in [2.45, 2.75) is 5.22 Å². The van der Waals surface area contributed by atoms with Gasteiger partial charge in [-0.2, -0.15) is 0 Å². The van der Waals surface area contributed by atoms with E-state index in [2.05, 4.69) is 19.6 Å². The molecule has 0 bridgehead atoms. The maximum atomic E-state index is 11.2. The maximum Gasteiger partial charge on any atom is 0.435 e. The fourth-order valence-electron chi connectivity index (χ4n) is 0.408. The van der Waals surface area contributed by atoms with Gasteiger partial charge in [0.15, 0.2) is 0 Å². The van der Waals surface area contributed by atoms with E-state index in [0.717, 1.165) is 11.8 Å². The first kappa shape index (κ1) is 7.99. The summed E-state index contributed by atoms with van der Waals surface area (Å²) in [5.74, 6) is -1.77. The zero-order valence-electron chi connectivity index (χ0n) is 5.41. The average Bonchev–Trinajstić information content (AvgIpc) is 2.50. The summed E-state index contributed by atoms with van der Waals surface area (Å²) >= 11 is 1.15. The van der Waals surface area contributed by atoms with Gasteiger partial charge >= 0.3 is 11.9 Å². The molecule has 0 aromatic carbocycles. The molecule has 1 rings (SSSR count).